The summed E-state index contributed by atoms with van der Waals surface area (Å²) in [5.74, 6) is -0.857. The molecule has 0 aliphatic rings. The molecule has 0 aromatic rings. The standard InChI is InChI=1S/C74H138O6/c1-4-7-10-13-16-19-22-25-28-30-32-34-36-38-39-41-43-46-49-52-55-58-61-64-67-73(76)79-70-71(69-78-72(75)66-63-60-57-54-51-48-45-27-24-21-18-15-12-9-6-3)80-74(77)68-65-62-59-56-53-50-47-44-42-40-37-35-33-31-29-26-23-20-17-14-11-8-5-2/h9,12,18,21,27,45,71H,4-8,10-11,13-17,19-20,22-26,28-44,46-70H2,1-3H3/b12-9-,21-18-,45-27-. The average molecular weight is 1120 g/mol. The molecule has 1 atom stereocenters. The number of hydrogen-bond donors (Lipinski definition) is 0. The third-order valence-corrected chi connectivity index (χ3v) is 16.4. The van der Waals surface area contributed by atoms with E-state index in [-0.39, 0.29) is 31.1 Å². The summed E-state index contributed by atoms with van der Waals surface area (Å²) in [7, 11) is 0. The van der Waals surface area contributed by atoms with E-state index in [1.807, 2.05) is 0 Å². The van der Waals surface area contributed by atoms with Gasteiger partial charge in [0.1, 0.15) is 13.2 Å². The van der Waals surface area contributed by atoms with Crippen LogP contribution in [0.2, 0.25) is 0 Å². The number of hydrogen-bond acceptors (Lipinski definition) is 6. The van der Waals surface area contributed by atoms with Gasteiger partial charge in [-0.05, 0) is 51.4 Å². The number of unbranched alkanes of at least 4 members (excludes halogenated alkanes) is 50. The minimum Gasteiger partial charge on any atom is -0.462 e. The van der Waals surface area contributed by atoms with E-state index in [1.165, 1.54) is 263 Å². The van der Waals surface area contributed by atoms with E-state index >= 15 is 0 Å². The predicted octanol–water partition coefficient (Wildman–Crippen LogP) is 24.7. The number of rotatable bonds is 67. The van der Waals surface area contributed by atoms with Crippen molar-refractivity contribution >= 4 is 17.9 Å². The van der Waals surface area contributed by atoms with Crippen molar-refractivity contribution < 1.29 is 28.6 Å². The molecule has 0 bridgehead atoms. The fourth-order valence-corrected chi connectivity index (χ4v) is 11.1. The topological polar surface area (TPSA) is 78.9 Å². The number of allylic oxidation sites excluding steroid dienone is 6. The SMILES string of the molecule is CC/C=C\C/C=C\C/C=C\CCCCCCCC(=O)OCC(COC(=O)CCCCCCCCCCCCCCCCCCCCCCCCCC)OC(=O)CCCCCCCCCCCCCCCCCCCCCCCCC. The Hall–Kier alpha value is -2.37. The molecule has 6 heteroatoms. The number of esters is 3. The highest BCUT2D eigenvalue weighted by atomic mass is 16.6. The molecule has 0 aromatic carbocycles. The van der Waals surface area contributed by atoms with Crippen LogP contribution >= 0.6 is 0 Å². The molecular weight excluding hydrogens is 985 g/mol. The molecule has 1 unspecified atom stereocenters. The molecule has 0 aromatic heterocycles. The second-order valence-electron chi connectivity index (χ2n) is 24.5. The Labute approximate surface area is 499 Å². The van der Waals surface area contributed by atoms with Crippen LogP contribution in [0.15, 0.2) is 36.5 Å². The molecule has 0 fully saturated rings. The first-order chi connectivity index (χ1) is 39.5. The summed E-state index contributed by atoms with van der Waals surface area (Å²) in [6, 6.07) is 0. The van der Waals surface area contributed by atoms with Gasteiger partial charge < -0.3 is 14.2 Å². The molecule has 470 valence electrons. The van der Waals surface area contributed by atoms with Gasteiger partial charge >= 0.3 is 17.9 Å². The fraction of sp³-hybridized carbons (Fsp3) is 0.878. The molecule has 0 rings (SSSR count). The molecule has 0 radical (unpaired) electrons. The molecule has 0 heterocycles. The van der Waals surface area contributed by atoms with Crippen LogP contribution in [0.25, 0.3) is 0 Å². The zero-order chi connectivity index (χ0) is 57.8. The number of ether oxygens (including phenoxy) is 3. The van der Waals surface area contributed by atoms with E-state index in [2.05, 4.69) is 57.2 Å². The molecule has 0 aliphatic heterocycles. The van der Waals surface area contributed by atoms with Gasteiger partial charge in [0.25, 0.3) is 0 Å². The van der Waals surface area contributed by atoms with E-state index < -0.39 is 6.10 Å². The van der Waals surface area contributed by atoms with Crippen LogP contribution in [-0.2, 0) is 28.6 Å². The number of carbonyl (C=O) groups is 3. The maximum Gasteiger partial charge on any atom is 0.306 e. The summed E-state index contributed by atoms with van der Waals surface area (Å²) in [5, 5.41) is 0. The van der Waals surface area contributed by atoms with Gasteiger partial charge in [-0.3, -0.25) is 14.4 Å². The molecule has 0 saturated carbocycles. The van der Waals surface area contributed by atoms with Gasteiger partial charge in [0.2, 0.25) is 0 Å². The fourth-order valence-electron chi connectivity index (χ4n) is 11.1. The molecule has 80 heavy (non-hydrogen) atoms. The quantitative estimate of drug-likeness (QED) is 0.0261. The summed E-state index contributed by atoms with van der Waals surface area (Å²) in [6.45, 7) is 6.60. The van der Waals surface area contributed by atoms with E-state index in [1.54, 1.807) is 0 Å². The van der Waals surface area contributed by atoms with Crippen molar-refractivity contribution in [3.05, 3.63) is 36.5 Å². The molecule has 0 aliphatic carbocycles. The third-order valence-electron chi connectivity index (χ3n) is 16.4. The Kier molecular flexibility index (Phi) is 67.1. The van der Waals surface area contributed by atoms with Crippen LogP contribution in [0.4, 0.5) is 0 Å². The van der Waals surface area contributed by atoms with Crippen LogP contribution in [0.1, 0.15) is 400 Å². The van der Waals surface area contributed by atoms with Crippen LogP contribution in [-0.4, -0.2) is 37.2 Å². The minimum absolute atomic E-state index is 0.0717. The molecule has 0 spiro atoms. The Morgan fingerprint density at radius 2 is 0.487 bits per heavy atom. The normalized spacial score (nSPS) is 12.2. The second-order valence-corrected chi connectivity index (χ2v) is 24.5. The highest BCUT2D eigenvalue weighted by Crippen LogP contribution is 2.19. The molecule has 0 amide bonds. The monoisotopic (exact) mass is 1120 g/mol. The van der Waals surface area contributed by atoms with Gasteiger partial charge in [0.05, 0.1) is 0 Å². The average Bonchev–Trinajstić information content (AvgIpc) is 3.46. The van der Waals surface area contributed by atoms with Crippen molar-refractivity contribution in [1.29, 1.82) is 0 Å². The Morgan fingerprint density at radius 3 is 0.762 bits per heavy atom. The Balaban J connectivity index is 4.25. The van der Waals surface area contributed by atoms with Gasteiger partial charge in [-0.25, -0.2) is 0 Å². The maximum atomic E-state index is 13.0. The van der Waals surface area contributed by atoms with Crippen molar-refractivity contribution in [1.82, 2.24) is 0 Å². The molecule has 0 N–H and O–H groups in total. The zero-order valence-electron chi connectivity index (χ0n) is 54.1. The largest absolute Gasteiger partial charge is 0.462 e. The Bertz CT molecular complexity index is 1340. The van der Waals surface area contributed by atoms with Crippen LogP contribution in [0.3, 0.4) is 0 Å². The van der Waals surface area contributed by atoms with Gasteiger partial charge in [-0.15, -0.1) is 0 Å². The van der Waals surface area contributed by atoms with Crippen molar-refractivity contribution in [3.8, 4) is 0 Å². The van der Waals surface area contributed by atoms with Gasteiger partial charge in [0, 0.05) is 19.3 Å². The van der Waals surface area contributed by atoms with Gasteiger partial charge in [-0.1, -0.05) is 365 Å². The van der Waals surface area contributed by atoms with Crippen molar-refractivity contribution in [2.45, 2.75) is 406 Å². The van der Waals surface area contributed by atoms with Crippen molar-refractivity contribution in [3.63, 3.8) is 0 Å². The Morgan fingerprint density at radius 1 is 0.263 bits per heavy atom. The van der Waals surface area contributed by atoms with Crippen LogP contribution in [0, 0.1) is 0 Å². The number of carbonyl (C=O) groups excluding carboxylic acids is 3. The lowest BCUT2D eigenvalue weighted by Crippen LogP contribution is -2.30. The smallest absolute Gasteiger partial charge is 0.306 e. The highest BCUT2D eigenvalue weighted by molar-refractivity contribution is 5.71. The molecule has 0 saturated heterocycles. The third kappa shape index (κ3) is 66.4. The lowest BCUT2D eigenvalue weighted by molar-refractivity contribution is -0.167. The van der Waals surface area contributed by atoms with Crippen molar-refractivity contribution in [2.24, 2.45) is 0 Å². The lowest BCUT2D eigenvalue weighted by atomic mass is 10.0. The van der Waals surface area contributed by atoms with Gasteiger partial charge in [-0.2, -0.15) is 0 Å². The van der Waals surface area contributed by atoms with Crippen LogP contribution < -0.4 is 0 Å². The minimum atomic E-state index is -0.777. The highest BCUT2D eigenvalue weighted by Gasteiger charge is 2.19. The summed E-state index contributed by atoms with van der Waals surface area (Å²) < 4.78 is 17.0. The second kappa shape index (κ2) is 69.1. The first-order valence-electron chi connectivity index (χ1n) is 36.0. The molecule has 6 nitrogen and oxygen atoms in total. The predicted molar refractivity (Wildman–Crippen MR) is 349 cm³/mol. The van der Waals surface area contributed by atoms with E-state index in [9.17, 15) is 14.4 Å². The summed E-state index contributed by atoms with van der Waals surface area (Å²) in [5.41, 5.74) is 0. The van der Waals surface area contributed by atoms with Gasteiger partial charge in [0.15, 0.2) is 6.10 Å². The summed E-state index contributed by atoms with van der Waals surface area (Å²) in [4.78, 5) is 38.5. The zero-order valence-corrected chi connectivity index (χ0v) is 54.1. The lowest BCUT2D eigenvalue weighted by Gasteiger charge is -2.18. The summed E-state index contributed by atoms with van der Waals surface area (Å²) >= 11 is 0. The molecular formula is C74H138O6. The van der Waals surface area contributed by atoms with E-state index in [0.717, 1.165) is 96.3 Å². The van der Waals surface area contributed by atoms with Crippen LogP contribution in [0.5, 0.6) is 0 Å². The van der Waals surface area contributed by atoms with E-state index in [0.29, 0.717) is 19.3 Å². The van der Waals surface area contributed by atoms with E-state index in [4.69, 9.17) is 14.2 Å². The van der Waals surface area contributed by atoms with Crippen molar-refractivity contribution in [2.75, 3.05) is 13.2 Å². The first kappa shape index (κ1) is 77.6. The first-order valence-corrected chi connectivity index (χ1v) is 36.0. The summed E-state index contributed by atoms with van der Waals surface area (Å²) in [6.07, 6.45) is 86.1. The maximum absolute atomic E-state index is 13.0.